The maximum Gasteiger partial charge on any atom is 0.240 e. The molecule has 0 aromatic heterocycles. The Bertz CT molecular complexity index is 319. The van der Waals surface area contributed by atoms with Gasteiger partial charge < -0.3 is 4.90 Å². The minimum atomic E-state index is 0.0626. The maximum absolute atomic E-state index is 12.5. The summed E-state index contributed by atoms with van der Waals surface area (Å²) in [5, 5.41) is 3.30. The number of piperidine rings is 1. The van der Waals surface area contributed by atoms with Gasteiger partial charge in [0.1, 0.15) is 0 Å². The average Bonchev–Trinajstić information content (AvgIpc) is 2.91. The van der Waals surface area contributed by atoms with E-state index < -0.39 is 0 Å². The monoisotopic (exact) mass is 269 g/mol. The van der Waals surface area contributed by atoms with Crippen LogP contribution in [0.2, 0.25) is 0 Å². The van der Waals surface area contributed by atoms with Gasteiger partial charge in [-0.25, -0.2) is 0 Å². The van der Waals surface area contributed by atoms with E-state index in [0.717, 1.165) is 24.7 Å². The molecule has 3 aliphatic heterocycles. The highest BCUT2D eigenvalue weighted by atomic mass is 32.2. The highest BCUT2D eigenvalue weighted by Crippen LogP contribution is 2.25. The van der Waals surface area contributed by atoms with Crippen LogP contribution in [0.4, 0.5) is 0 Å². The predicted molar refractivity (Wildman–Crippen MR) is 74.6 cm³/mol. The van der Waals surface area contributed by atoms with E-state index >= 15 is 0 Å². The molecular formula is C13H23N3OS. The fraction of sp³-hybridized carbons (Fsp3) is 0.923. The van der Waals surface area contributed by atoms with Crippen LogP contribution in [-0.4, -0.2) is 65.1 Å². The summed E-state index contributed by atoms with van der Waals surface area (Å²) in [7, 11) is 0. The largest absolute Gasteiger partial charge is 0.336 e. The van der Waals surface area contributed by atoms with Gasteiger partial charge in [-0.05, 0) is 26.3 Å². The molecule has 102 valence electrons. The van der Waals surface area contributed by atoms with Crippen molar-refractivity contribution in [3.8, 4) is 0 Å². The molecule has 3 heterocycles. The maximum atomic E-state index is 12.5. The summed E-state index contributed by atoms with van der Waals surface area (Å²) in [6, 6.07) is 1.06. The summed E-state index contributed by atoms with van der Waals surface area (Å²) in [6.07, 6.45) is 3.93. The number of piperazine rings is 1. The highest BCUT2D eigenvalue weighted by molar-refractivity contribution is 7.99. The molecule has 3 rings (SSSR count). The normalized spacial score (nSPS) is 37.6. The lowest BCUT2D eigenvalue weighted by atomic mass is 9.96. The predicted octanol–water partition coefficient (Wildman–Crippen LogP) is 0.734. The third kappa shape index (κ3) is 2.40. The lowest BCUT2D eigenvalue weighted by Crippen LogP contribution is -2.62. The molecule has 3 fully saturated rings. The molecule has 5 heteroatoms. The molecule has 3 aliphatic rings. The molecule has 3 unspecified atom stereocenters. The molecule has 0 radical (unpaired) electrons. The molecule has 0 aromatic rings. The topological polar surface area (TPSA) is 35.6 Å². The Hall–Kier alpha value is -0.260. The van der Waals surface area contributed by atoms with Gasteiger partial charge in [-0.15, -0.1) is 11.8 Å². The average molecular weight is 269 g/mol. The summed E-state index contributed by atoms with van der Waals surface area (Å²) < 4.78 is 0. The van der Waals surface area contributed by atoms with Gasteiger partial charge in [0.25, 0.3) is 0 Å². The van der Waals surface area contributed by atoms with Crippen LogP contribution in [0.15, 0.2) is 0 Å². The summed E-state index contributed by atoms with van der Waals surface area (Å²) in [5.41, 5.74) is 0. The minimum absolute atomic E-state index is 0.0626. The Balaban J connectivity index is 1.66. The Morgan fingerprint density at radius 3 is 3.00 bits per heavy atom. The van der Waals surface area contributed by atoms with Crippen molar-refractivity contribution in [2.45, 2.75) is 44.3 Å². The number of hydrogen-bond acceptors (Lipinski definition) is 4. The first-order chi connectivity index (χ1) is 8.75. The van der Waals surface area contributed by atoms with E-state index in [1.165, 1.54) is 25.8 Å². The van der Waals surface area contributed by atoms with Crippen LogP contribution in [0, 0.1) is 0 Å². The third-order valence-corrected chi connectivity index (χ3v) is 5.42. The zero-order valence-corrected chi connectivity index (χ0v) is 11.9. The van der Waals surface area contributed by atoms with Gasteiger partial charge >= 0.3 is 0 Å². The molecule has 0 saturated carbocycles. The number of fused-ring (bicyclic) bond motifs is 1. The molecular weight excluding hydrogens is 246 g/mol. The minimum Gasteiger partial charge on any atom is -0.336 e. The second-order valence-electron chi connectivity index (χ2n) is 5.76. The highest BCUT2D eigenvalue weighted by Gasteiger charge is 2.37. The van der Waals surface area contributed by atoms with Crippen LogP contribution in [0.5, 0.6) is 0 Å². The van der Waals surface area contributed by atoms with Crippen LogP contribution in [0.25, 0.3) is 0 Å². The van der Waals surface area contributed by atoms with E-state index in [0.29, 0.717) is 18.0 Å². The quantitative estimate of drug-likeness (QED) is 0.761. The van der Waals surface area contributed by atoms with Crippen molar-refractivity contribution in [3.05, 3.63) is 0 Å². The number of carbonyl (C=O) groups is 1. The first-order valence-corrected chi connectivity index (χ1v) is 8.27. The van der Waals surface area contributed by atoms with Crippen molar-refractivity contribution in [1.29, 1.82) is 0 Å². The lowest BCUT2D eigenvalue weighted by molar-refractivity contribution is -0.139. The molecule has 18 heavy (non-hydrogen) atoms. The molecule has 0 spiro atoms. The van der Waals surface area contributed by atoms with E-state index in [9.17, 15) is 4.79 Å². The third-order valence-electron chi connectivity index (χ3n) is 4.48. The second-order valence-corrected chi connectivity index (χ2v) is 6.79. The van der Waals surface area contributed by atoms with Crippen LogP contribution in [-0.2, 0) is 4.79 Å². The molecule has 4 nitrogen and oxygen atoms in total. The van der Waals surface area contributed by atoms with Gasteiger partial charge in [-0.1, -0.05) is 6.42 Å². The fourth-order valence-electron chi connectivity index (χ4n) is 3.41. The first-order valence-electron chi connectivity index (χ1n) is 7.11. The van der Waals surface area contributed by atoms with Crippen molar-refractivity contribution in [2.75, 3.05) is 31.3 Å². The van der Waals surface area contributed by atoms with Crippen molar-refractivity contribution in [3.63, 3.8) is 0 Å². The first kappa shape index (κ1) is 12.8. The van der Waals surface area contributed by atoms with E-state index in [1.807, 2.05) is 11.8 Å². The summed E-state index contributed by atoms with van der Waals surface area (Å²) in [5.74, 6) is 2.20. The molecule has 1 amide bonds. The lowest BCUT2D eigenvalue weighted by Gasteiger charge is -2.48. The van der Waals surface area contributed by atoms with E-state index in [-0.39, 0.29) is 6.04 Å². The molecule has 0 bridgehead atoms. The molecule has 0 aliphatic carbocycles. The van der Waals surface area contributed by atoms with Gasteiger partial charge in [0.2, 0.25) is 5.91 Å². The van der Waals surface area contributed by atoms with Crippen LogP contribution >= 0.6 is 11.8 Å². The zero-order valence-electron chi connectivity index (χ0n) is 11.1. The number of carbonyl (C=O) groups excluding carboxylic acids is 1. The van der Waals surface area contributed by atoms with Gasteiger partial charge in [0.15, 0.2) is 0 Å². The van der Waals surface area contributed by atoms with Gasteiger partial charge in [0, 0.05) is 36.8 Å². The van der Waals surface area contributed by atoms with Crippen LogP contribution in [0.3, 0.4) is 0 Å². The van der Waals surface area contributed by atoms with E-state index in [2.05, 4.69) is 22.0 Å². The summed E-state index contributed by atoms with van der Waals surface area (Å²) >= 11 is 1.83. The fourth-order valence-corrected chi connectivity index (χ4v) is 4.35. The Morgan fingerprint density at radius 2 is 2.22 bits per heavy atom. The summed E-state index contributed by atoms with van der Waals surface area (Å²) in [4.78, 5) is 17.2. The second kappa shape index (κ2) is 5.39. The van der Waals surface area contributed by atoms with E-state index in [4.69, 9.17) is 0 Å². The Labute approximate surface area is 113 Å². The molecule has 3 saturated heterocycles. The van der Waals surface area contributed by atoms with Crippen molar-refractivity contribution >= 4 is 17.7 Å². The van der Waals surface area contributed by atoms with Gasteiger partial charge in [0.05, 0.1) is 6.04 Å². The molecule has 1 N–H and O–H groups in total. The van der Waals surface area contributed by atoms with Crippen molar-refractivity contribution < 1.29 is 4.79 Å². The van der Waals surface area contributed by atoms with Gasteiger partial charge in [-0.3, -0.25) is 15.0 Å². The molecule has 3 atom stereocenters. The number of hydrogen-bond donors (Lipinski definition) is 1. The van der Waals surface area contributed by atoms with Crippen LogP contribution < -0.4 is 5.32 Å². The Morgan fingerprint density at radius 1 is 1.33 bits per heavy atom. The number of thioether (sulfide) groups is 1. The standard InChI is InChI=1S/C13H23N3OS/c1-10-6-15-5-3-2-4-11(15)7-16(10)13(17)12-8-18-9-14-12/h10-12,14H,2-9H2,1H3. The summed E-state index contributed by atoms with van der Waals surface area (Å²) in [6.45, 7) is 5.44. The number of amides is 1. The number of nitrogens with zero attached hydrogens (tertiary/aromatic N) is 2. The van der Waals surface area contributed by atoms with Gasteiger partial charge in [-0.2, -0.15) is 0 Å². The number of nitrogens with one attached hydrogen (secondary N) is 1. The Kier molecular flexibility index (Phi) is 3.82. The SMILES string of the molecule is CC1CN2CCCCC2CN1C(=O)C1CSCN1. The van der Waals surface area contributed by atoms with Crippen molar-refractivity contribution in [2.24, 2.45) is 0 Å². The number of rotatable bonds is 1. The zero-order chi connectivity index (χ0) is 12.5. The van der Waals surface area contributed by atoms with Crippen molar-refractivity contribution in [1.82, 2.24) is 15.1 Å². The van der Waals surface area contributed by atoms with E-state index in [1.54, 1.807) is 0 Å². The van der Waals surface area contributed by atoms with Crippen LogP contribution in [0.1, 0.15) is 26.2 Å². The molecule has 0 aromatic carbocycles. The smallest absolute Gasteiger partial charge is 0.240 e.